The summed E-state index contributed by atoms with van der Waals surface area (Å²) < 4.78 is 0. The van der Waals surface area contributed by atoms with Crippen molar-refractivity contribution in [1.29, 1.82) is 0 Å². The third-order valence-corrected chi connectivity index (χ3v) is 2.46. The number of aliphatic hydroxyl groups is 1. The van der Waals surface area contributed by atoms with Gasteiger partial charge >= 0.3 is 0 Å². The summed E-state index contributed by atoms with van der Waals surface area (Å²) in [7, 11) is 0. The van der Waals surface area contributed by atoms with Gasteiger partial charge in [0.1, 0.15) is 6.10 Å². The predicted molar refractivity (Wildman–Crippen MR) is 57.2 cm³/mol. The van der Waals surface area contributed by atoms with E-state index in [1.54, 1.807) is 0 Å². The highest BCUT2D eigenvalue weighted by atomic mass is 16.6. The topological polar surface area (TPSA) is 63.4 Å². The van der Waals surface area contributed by atoms with Gasteiger partial charge in [0, 0.05) is 11.8 Å². The molecule has 1 N–H and O–H groups in total. The largest absolute Gasteiger partial charge is 0.386 e. The van der Waals surface area contributed by atoms with Crippen LogP contribution < -0.4 is 0 Å². The van der Waals surface area contributed by atoms with E-state index in [0.29, 0.717) is 12.8 Å². The van der Waals surface area contributed by atoms with E-state index in [-0.39, 0.29) is 0 Å². The average molecular weight is 209 g/mol. The number of benzene rings is 1. The van der Waals surface area contributed by atoms with E-state index >= 15 is 0 Å². The van der Waals surface area contributed by atoms with E-state index in [1.165, 1.54) is 6.92 Å². The minimum absolute atomic E-state index is 0.423. The Labute approximate surface area is 88.7 Å². The predicted octanol–water partition coefficient (Wildman–Crippen LogP) is 1.65. The van der Waals surface area contributed by atoms with E-state index in [4.69, 9.17) is 0 Å². The van der Waals surface area contributed by atoms with Crippen LogP contribution in [0.1, 0.15) is 18.9 Å². The average Bonchev–Trinajstić information content (AvgIpc) is 2.26. The van der Waals surface area contributed by atoms with Crippen LogP contribution >= 0.6 is 0 Å². The Bertz CT molecular complexity index is 313. The summed E-state index contributed by atoms with van der Waals surface area (Å²) in [6, 6.07) is 8.75. The molecule has 0 fully saturated rings. The van der Waals surface area contributed by atoms with Crippen molar-refractivity contribution >= 4 is 0 Å². The van der Waals surface area contributed by atoms with Gasteiger partial charge in [0.05, 0.1) is 0 Å². The van der Waals surface area contributed by atoms with E-state index < -0.39 is 17.1 Å². The molecule has 0 radical (unpaired) electrons. The molecule has 0 aromatic heterocycles. The summed E-state index contributed by atoms with van der Waals surface area (Å²) >= 11 is 0. The Balaban J connectivity index is 2.41. The Hall–Kier alpha value is -1.42. The summed E-state index contributed by atoms with van der Waals surface area (Å²) in [5, 5.41) is 19.9. The Morgan fingerprint density at radius 1 is 1.40 bits per heavy atom. The first-order valence-electron chi connectivity index (χ1n) is 4.96. The van der Waals surface area contributed by atoms with Crippen LogP contribution in [0.4, 0.5) is 0 Å². The standard InChI is InChI=1S/C11H15NO3/c1-9(12(14)15)11(13)8-7-10-5-3-2-4-6-10/h2-6,9,11,13H,7-8H2,1H3/t9-,11-/m1/s1. The number of nitrogens with zero attached hydrogens (tertiary/aromatic N) is 1. The molecule has 0 aliphatic rings. The number of aryl methyl sites for hydroxylation is 1. The number of aliphatic hydroxyl groups excluding tert-OH is 1. The van der Waals surface area contributed by atoms with Crippen molar-refractivity contribution in [2.24, 2.45) is 0 Å². The van der Waals surface area contributed by atoms with E-state index in [9.17, 15) is 15.2 Å². The van der Waals surface area contributed by atoms with Gasteiger partial charge in [-0.1, -0.05) is 30.3 Å². The van der Waals surface area contributed by atoms with Crippen molar-refractivity contribution in [3.05, 3.63) is 46.0 Å². The maximum Gasteiger partial charge on any atom is 0.235 e. The molecule has 0 amide bonds. The van der Waals surface area contributed by atoms with Crippen LogP contribution in [-0.4, -0.2) is 22.2 Å². The zero-order valence-corrected chi connectivity index (χ0v) is 8.67. The number of nitro groups is 1. The van der Waals surface area contributed by atoms with Crippen LogP contribution in [0.2, 0.25) is 0 Å². The Kier molecular flexibility index (Phi) is 4.24. The number of rotatable bonds is 5. The monoisotopic (exact) mass is 209 g/mol. The molecule has 82 valence electrons. The third kappa shape index (κ3) is 3.67. The highest BCUT2D eigenvalue weighted by Crippen LogP contribution is 2.08. The van der Waals surface area contributed by atoms with Crippen LogP contribution in [0.15, 0.2) is 30.3 Å². The van der Waals surface area contributed by atoms with Crippen LogP contribution in [0.25, 0.3) is 0 Å². The zero-order chi connectivity index (χ0) is 11.3. The first kappa shape index (κ1) is 11.7. The first-order valence-corrected chi connectivity index (χ1v) is 4.96. The van der Waals surface area contributed by atoms with Crippen LogP contribution in [0.3, 0.4) is 0 Å². The van der Waals surface area contributed by atoms with Gasteiger partial charge < -0.3 is 5.11 Å². The zero-order valence-electron chi connectivity index (χ0n) is 8.67. The van der Waals surface area contributed by atoms with Crippen molar-refractivity contribution in [3.63, 3.8) is 0 Å². The molecule has 0 aliphatic heterocycles. The molecule has 0 spiro atoms. The minimum atomic E-state index is -0.895. The van der Waals surface area contributed by atoms with Gasteiger partial charge in [-0.15, -0.1) is 0 Å². The van der Waals surface area contributed by atoms with Crippen molar-refractivity contribution in [1.82, 2.24) is 0 Å². The molecular weight excluding hydrogens is 194 g/mol. The lowest BCUT2D eigenvalue weighted by Gasteiger charge is -2.11. The fraction of sp³-hybridized carbons (Fsp3) is 0.455. The fourth-order valence-corrected chi connectivity index (χ4v) is 1.34. The van der Waals surface area contributed by atoms with E-state index in [0.717, 1.165) is 5.56 Å². The van der Waals surface area contributed by atoms with Gasteiger partial charge in [0.2, 0.25) is 6.04 Å². The molecule has 1 aromatic rings. The van der Waals surface area contributed by atoms with Crippen molar-refractivity contribution in [2.75, 3.05) is 0 Å². The van der Waals surface area contributed by atoms with Gasteiger partial charge in [-0.2, -0.15) is 0 Å². The Morgan fingerprint density at radius 3 is 2.53 bits per heavy atom. The molecule has 0 heterocycles. The number of hydrogen-bond acceptors (Lipinski definition) is 3. The van der Waals surface area contributed by atoms with Crippen LogP contribution in [0.5, 0.6) is 0 Å². The lowest BCUT2D eigenvalue weighted by molar-refractivity contribution is -0.529. The lowest BCUT2D eigenvalue weighted by atomic mass is 10.0. The molecule has 1 aromatic carbocycles. The second-order valence-electron chi connectivity index (χ2n) is 3.62. The van der Waals surface area contributed by atoms with Crippen LogP contribution in [0, 0.1) is 10.1 Å². The molecular formula is C11H15NO3. The van der Waals surface area contributed by atoms with Gasteiger partial charge in [-0.25, -0.2) is 0 Å². The first-order chi connectivity index (χ1) is 7.11. The molecule has 0 aliphatic carbocycles. The van der Waals surface area contributed by atoms with Gasteiger partial charge in [-0.3, -0.25) is 10.1 Å². The normalized spacial score (nSPS) is 14.5. The maximum atomic E-state index is 10.4. The minimum Gasteiger partial charge on any atom is -0.386 e. The summed E-state index contributed by atoms with van der Waals surface area (Å²) in [5.41, 5.74) is 1.09. The molecule has 4 heteroatoms. The second-order valence-corrected chi connectivity index (χ2v) is 3.62. The molecule has 0 unspecified atom stereocenters. The second kappa shape index (κ2) is 5.46. The molecule has 0 bridgehead atoms. The van der Waals surface area contributed by atoms with Crippen molar-refractivity contribution in [2.45, 2.75) is 31.9 Å². The van der Waals surface area contributed by atoms with Gasteiger partial charge in [-0.05, 0) is 18.4 Å². The third-order valence-electron chi connectivity index (χ3n) is 2.46. The molecule has 2 atom stereocenters. The van der Waals surface area contributed by atoms with Gasteiger partial charge in [0.25, 0.3) is 0 Å². The van der Waals surface area contributed by atoms with Crippen molar-refractivity contribution < 1.29 is 10.0 Å². The summed E-state index contributed by atoms with van der Waals surface area (Å²) in [6.07, 6.45) is 0.215. The summed E-state index contributed by atoms with van der Waals surface area (Å²) in [4.78, 5) is 9.95. The lowest BCUT2D eigenvalue weighted by Crippen LogP contribution is -2.30. The van der Waals surface area contributed by atoms with Crippen molar-refractivity contribution in [3.8, 4) is 0 Å². The quantitative estimate of drug-likeness (QED) is 0.592. The van der Waals surface area contributed by atoms with E-state index in [2.05, 4.69) is 0 Å². The molecule has 15 heavy (non-hydrogen) atoms. The Morgan fingerprint density at radius 2 is 2.00 bits per heavy atom. The summed E-state index contributed by atoms with van der Waals surface area (Å²) in [5.74, 6) is 0. The SMILES string of the molecule is C[C@H]([C@H](O)CCc1ccccc1)[N+](=O)[O-]. The number of hydrogen-bond donors (Lipinski definition) is 1. The maximum absolute atomic E-state index is 10.4. The molecule has 0 saturated carbocycles. The van der Waals surface area contributed by atoms with E-state index in [1.807, 2.05) is 30.3 Å². The smallest absolute Gasteiger partial charge is 0.235 e. The summed E-state index contributed by atoms with van der Waals surface area (Å²) in [6.45, 7) is 1.43. The highest BCUT2D eigenvalue weighted by molar-refractivity contribution is 5.14. The molecule has 1 rings (SSSR count). The highest BCUT2D eigenvalue weighted by Gasteiger charge is 2.23. The molecule has 0 saturated heterocycles. The molecule has 4 nitrogen and oxygen atoms in total. The van der Waals surface area contributed by atoms with Crippen LogP contribution in [-0.2, 0) is 6.42 Å². The fourth-order valence-electron chi connectivity index (χ4n) is 1.34. The van der Waals surface area contributed by atoms with Gasteiger partial charge in [0.15, 0.2) is 0 Å².